The molecule has 2 N–H and O–H groups in total. The summed E-state index contributed by atoms with van der Waals surface area (Å²) in [5.74, 6) is 0. The number of halogens is 1. The van der Waals surface area contributed by atoms with Crippen molar-refractivity contribution in [2.45, 2.75) is 26.3 Å². The first kappa shape index (κ1) is 14.1. The Kier molecular flexibility index (Phi) is 4.65. The van der Waals surface area contributed by atoms with Crippen LogP contribution >= 0.6 is 11.6 Å². The molecule has 0 radical (unpaired) electrons. The van der Waals surface area contributed by atoms with Crippen LogP contribution < -0.4 is 10.0 Å². The molecule has 1 atom stereocenters. The van der Waals surface area contributed by atoms with Gasteiger partial charge in [-0.1, -0.05) is 18.5 Å². The minimum atomic E-state index is -3.30. The number of hydrogen-bond acceptors (Lipinski definition) is 3. The molecular formula is C11H17ClN2O2S. The van der Waals surface area contributed by atoms with Gasteiger partial charge in [-0.15, -0.1) is 0 Å². The van der Waals surface area contributed by atoms with Gasteiger partial charge in [0.15, 0.2) is 0 Å². The van der Waals surface area contributed by atoms with Crippen molar-refractivity contribution in [2.24, 2.45) is 0 Å². The summed E-state index contributed by atoms with van der Waals surface area (Å²) < 4.78 is 24.5. The van der Waals surface area contributed by atoms with E-state index in [-0.39, 0.29) is 0 Å². The van der Waals surface area contributed by atoms with Crippen LogP contribution in [-0.2, 0) is 10.0 Å². The van der Waals surface area contributed by atoms with E-state index in [0.29, 0.717) is 16.8 Å². The first-order chi connectivity index (χ1) is 7.81. The summed E-state index contributed by atoms with van der Waals surface area (Å²) in [7, 11) is -3.30. The molecule has 0 aliphatic heterocycles. The SMILES string of the molecule is CCC(C)Nc1ccc(NS(C)(=O)=O)c(Cl)c1. The zero-order valence-corrected chi connectivity index (χ0v) is 11.7. The van der Waals surface area contributed by atoms with Crippen LogP contribution in [0, 0.1) is 0 Å². The van der Waals surface area contributed by atoms with Crippen LogP contribution in [0.3, 0.4) is 0 Å². The van der Waals surface area contributed by atoms with Gasteiger partial charge in [0.1, 0.15) is 0 Å². The van der Waals surface area contributed by atoms with Crippen molar-refractivity contribution in [3.8, 4) is 0 Å². The van der Waals surface area contributed by atoms with E-state index in [9.17, 15) is 8.42 Å². The zero-order valence-electron chi connectivity index (χ0n) is 10.1. The van der Waals surface area contributed by atoms with Gasteiger partial charge >= 0.3 is 0 Å². The fourth-order valence-corrected chi connectivity index (χ4v) is 2.14. The average Bonchev–Trinajstić information content (AvgIpc) is 2.20. The van der Waals surface area contributed by atoms with Gasteiger partial charge < -0.3 is 5.32 Å². The number of hydrogen-bond donors (Lipinski definition) is 2. The Bertz CT molecular complexity index is 488. The highest BCUT2D eigenvalue weighted by Crippen LogP contribution is 2.26. The van der Waals surface area contributed by atoms with Gasteiger partial charge in [-0.05, 0) is 31.5 Å². The third-order valence-corrected chi connectivity index (χ3v) is 3.19. The molecule has 17 heavy (non-hydrogen) atoms. The second kappa shape index (κ2) is 5.60. The smallest absolute Gasteiger partial charge is 0.229 e. The van der Waals surface area contributed by atoms with Gasteiger partial charge in [-0.3, -0.25) is 4.72 Å². The lowest BCUT2D eigenvalue weighted by Gasteiger charge is -2.14. The normalized spacial score (nSPS) is 13.2. The van der Waals surface area contributed by atoms with E-state index in [1.165, 1.54) is 0 Å². The lowest BCUT2D eigenvalue weighted by atomic mass is 10.2. The molecule has 0 aromatic heterocycles. The molecule has 0 bridgehead atoms. The van der Waals surface area contributed by atoms with Gasteiger partial charge in [0.25, 0.3) is 0 Å². The maximum atomic E-state index is 11.1. The van der Waals surface area contributed by atoms with Crippen LogP contribution in [0.1, 0.15) is 20.3 Å². The summed E-state index contributed by atoms with van der Waals surface area (Å²) in [6.45, 7) is 4.15. The standard InChI is InChI=1S/C11H17ClN2O2S/c1-4-8(2)13-9-5-6-11(10(12)7-9)14-17(3,15)16/h5-8,13-14H,4H2,1-3H3. The molecule has 0 fully saturated rings. The molecule has 0 aliphatic rings. The van der Waals surface area contributed by atoms with E-state index in [4.69, 9.17) is 11.6 Å². The molecule has 96 valence electrons. The highest BCUT2D eigenvalue weighted by Gasteiger charge is 2.07. The highest BCUT2D eigenvalue weighted by molar-refractivity contribution is 7.92. The third kappa shape index (κ3) is 4.83. The van der Waals surface area contributed by atoms with Gasteiger partial charge in [0.05, 0.1) is 17.0 Å². The maximum absolute atomic E-state index is 11.1. The molecule has 1 rings (SSSR count). The quantitative estimate of drug-likeness (QED) is 0.869. The van der Waals surface area contributed by atoms with Crippen molar-refractivity contribution in [1.82, 2.24) is 0 Å². The predicted molar refractivity (Wildman–Crippen MR) is 73.3 cm³/mol. The summed E-state index contributed by atoms with van der Waals surface area (Å²) in [4.78, 5) is 0. The summed E-state index contributed by atoms with van der Waals surface area (Å²) in [5, 5.41) is 3.64. The van der Waals surface area contributed by atoms with Crippen LogP contribution in [0.2, 0.25) is 5.02 Å². The first-order valence-electron chi connectivity index (χ1n) is 5.35. The Hall–Kier alpha value is -0.940. The van der Waals surface area contributed by atoms with E-state index in [0.717, 1.165) is 18.4 Å². The van der Waals surface area contributed by atoms with Crippen LogP contribution in [-0.4, -0.2) is 20.7 Å². The Labute approximate surface area is 107 Å². The Morgan fingerprint density at radius 2 is 2.06 bits per heavy atom. The molecule has 0 heterocycles. The highest BCUT2D eigenvalue weighted by atomic mass is 35.5. The number of anilines is 2. The van der Waals surface area contributed by atoms with Gasteiger partial charge in [-0.25, -0.2) is 8.42 Å². The zero-order chi connectivity index (χ0) is 13.1. The molecule has 1 aromatic carbocycles. The minimum Gasteiger partial charge on any atom is -0.383 e. The number of rotatable bonds is 5. The Balaban J connectivity index is 2.86. The molecular weight excluding hydrogens is 260 g/mol. The second-order valence-electron chi connectivity index (χ2n) is 4.02. The van der Waals surface area contributed by atoms with E-state index < -0.39 is 10.0 Å². The number of nitrogens with one attached hydrogen (secondary N) is 2. The molecule has 4 nitrogen and oxygen atoms in total. The van der Waals surface area contributed by atoms with E-state index in [1.54, 1.807) is 18.2 Å². The maximum Gasteiger partial charge on any atom is 0.229 e. The molecule has 0 amide bonds. The summed E-state index contributed by atoms with van der Waals surface area (Å²) in [6, 6.07) is 5.50. The first-order valence-corrected chi connectivity index (χ1v) is 7.62. The fraction of sp³-hybridized carbons (Fsp3) is 0.455. The van der Waals surface area contributed by atoms with Crippen LogP contribution in [0.5, 0.6) is 0 Å². The monoisotopic (exact) mass is 276 g/mol. The van der Waals surface area contributed by atoms with Gasteiger partial charge in [-0.2, -0.15) is 0 Å². The topological polar surface area (TPSA) is 58.2 Å². The van der Waals surface area contributed by atoms with E-state index in [1.807, 2.05) is 0 Å². The van der Waals surface area contributed by atoms with Crippen LogP contribution in [0.15, 0.2) is 18.2 Å². The third-order valence-electron chi connectivity index (χ3n) is 2.29. The Morgan fingerprint density at radius 3 is 2.53 bits per heavy atom. The van der Waals surface area contributed by atoms with Crippen LogP contribution in [0.25, 0.3) is 0 Å². The Morgan fingerprint density at radius 1 is 1.41 bits per heavy atom. The lowest BCUT2D eigenvalue weighted by Crippen LogP contribution is -2.14. The fourth-order valence-electron chi connectivity index (χ4n) is 1.27. The molecule has 0 saturated carbocycles. The predicted octanol–water partition coefficient (Wildman–Crippen LogP) is 2.92. The van der Waals surface area contributed by atoms with E-state index in [2.05, 4.69) is 23.9 Å². The summed E-state index contributed by atoms with van der Waals surface area (Å²) >= 11 is 6.00. The number of benzene rings is 1. The van der Waals surface area contributed by atoms with Crippen molar-refractivity contribution in [3.63, 3.8) is 0 Å². The van der Waals surface area contributed by atoms with Crippen molar-refractivity contribution in [1.29, 1.82) is 0 Å². The molecule has 0 spiro atoms. The van der Waals surface area contributed by atoms with Crippen molar-refractivity contribution >= 4 is 33.0 Å². The summed E-state index contributed by atoms with van der Waals surface area (Å²) in [5.41, 5.74) is 1.27. The summed E-state index contributed by atoms with van der Waals surface area (Å²) in [6.07, 6.45) is 2.09. The average molecular weight is 277 g/mol. The largest absolute Gasteiger partial charge is 0.383 e. The number of sulfonamides is 1. The van der Waals surface area contributed by atoms with E-state index >= 15 is 0 Å². The van der Waals surface area contributed by atoms with Crippen LogP contribution in [0.4, 0.5) is 11.4 Å². The minimum absolute atomic E-state index is 0.347. The van der Waals surface area contributed by atoms with Gasteiger partial charge in [0.2, 0.25) is 10.0 Å². The van der Waals surface area contributed by atoms with Crippen molar-refractivity contribution in [3.05, 3.63) is 23.2 Å². The lowest BCUT2D eigenvalue weighted by molar-refractivity contribution is 0.607. The molecule has 1 unspecified atom stereocenters. The molecule has 1 aromatic rings. The van der Waals surface area contributed by atoms with Crippen molar-refractivity contribution < 1.29 is 8.42 Å². The van der Waals surface area contributed by atoms with Gasteiger partial charge in [0, 0.05) is 11.7 Å². The molecule has 0 aliphatic carbocycles. The van der Waals surface area contributed by atoms with Crippen molar-refractivity contribution in [2.75, 3.05) is 16.3 Å². The second-order valence-corrected chi connectivity index (χ2v) is 6.18. The molecule has 6 heteroatoms. The molecule has 0 saturated heterocycles.